The van der Waals surface area contributed by atoms with Gasteiger partial charge in [0.25, 0.3) is 0 Å². The van der Waals surface area contributed by atoms with Gasteiger partial charge in [0.15, 0.2) is 13.7 Å². The van der Waals surface area contributed by atoms with E-state index in [4.69, 9.17) is 14.2 Å². The largest absolute Gasteiger partial charge is 0.489 e. The number of hydrogen-bond acceptors (Lipinski definition) is 4. The van der Waals surface area contributed by atoms with Gasteiger partial charge in [0.2, 0.25) is 0 Å². The lowest BCUT2D eigenvalue weighted by atomic mass is 9.50. The van der Waals surface area contributed by atoms with Crippen LogP contribution in [0.2, 0.25) is 0 Å². The second kappa shape index (κ2) is 13.2. The van der Waals surface area contributed by atoms with Gasteiger partial charge in [0.05, 0.1) is 7.14 Å². The van der Waals surface area contributed by atoms with Gasteiger partial charge < -0.3 is 14.2 Å². The van der Waals surface area contributed by atoms with Gasteiger partial charge in [0.1, 0.15) is 23.7 Å². The quantitative estimate of drug-likeness (QED) is 0.186. The Morgan fingerprint density at radius 2 is 1.50 bits per heavy atom. The SMILES string of the molecule is Cc1cc(OCc2cc(I)c(OCC(=O)OC3(C)C4CC5CC(C4)CC3C5)c(I)c2)ccc1[I+]c1ccc(C(C)(C)C)cc1. The van der Waals surface area contributed by atoms with Crippen LogP contribution in [0, 0.1) is 44.9 Å². The molecular weight excluding hydrogens is 889 g/mol. The fourth-order valence-electron chi connectivity index (χ4n) is 7.64. The monoisotopic (exact) mass is 931 g/mol. The molecule has 0 heterocycles. The topological polar surface area (TPSA) is 44.8 Å². The number of carbonyl (C=O) groups is 1. The normalized spacial score (nSPS) is 25.6. The highest BCUT2D eigenvalue weighted by atomic mass is 127. The summed E-state index contributed by atoms with van der Waals surface area (Å²) >= 11 is 4.34. The van der Waals surface area contributed by atoms with E-state index >= 15 is 0 Å². The third kappa shape index (κ3) is 7.24. The Hall–Kier alpha value is -1.08. The van der Waals surface area contributed by atoms with Crippen molar-refractivity contribution in [3.05, 3.63) is 85.6 Å². The second-order valence-electron chi connectivity index (χ2n) is 14.2. The van der Waals surface area contributed by atoms with Crippen LogP contribution in [0.15, 0.2) is 54.6 Å². The Morgan fingerprint density at radius 3 is 2.07 bits per heavy atom. The van der Waals surface area contributed by atoms with Crippen LogP contribution >= 0.6 is 45.2 Å². The molecule has 7 heteroatoms. The lowest BCUT2D eigenvalue weighted by molar-refractivity contribution is -0.598. The van der Waals surface area contributed by atoms with E-state index in [9.17, 15) is 4.79 Å². The summed E-state index contributed by atoms with van der Waals surface area (Å²) in [4.78, 5) is 13.0. The highest BCUT2D eigenvalue weighted by molar-refractivity contribution is 14.1. The summed E-state index contributed by atoms with van der Waals surface area (Å²) in [6.07, 6.45) is 6.25. The third-order valence-corrected chi connectivity index (χ3v) is 14.7. The number of ether oxygens (including phenoxy) is 3. The first-order valence-electron chi connectivity index (χ1n) is 15.7. The van der Waals surface area contributed by atoms with Crippen molar-refractivity contribution in [3.8, 4) is 11.5 Å². The molecule has 4 bridgehead atoms. The lowest BCUT2D eigenvalue weighted by Gasteiger charge is -2.59. The van der Waals surface area contributed by atoms with E-state index in [-0.39, 0.29) is 44.8 Å². The van der Waals surface area contributed by atoms with Crippen molar-refractivity contribution in [1.82, 2.24) is 0 Å². The molecule has 3 aromatic carbocycles. The summed E-state index contributed by atoms with van der Waals surface area (Å²) in [5.41, 5.74) is 3.57. The maximum absolute atomic E-state index is 13.0. The molecule has 234 valence electrons. The Balaban J connectivity index is 1.02. The highest BCUT2D eigenvalue weighted by Crippen LogP contribution is 2.59. The van der Waals surface area contributed by atoms with Crippen LogP contribution in [0.5, 0.6) is 11.5 Å². The van der Waals surface area contributed by atoms with E-state index in [1.165, 1.54) is 50.4 Å². The van der Waals surface area contributed by atoms with E-state index in [0.717, 1.165) is 36.0 Å². The zero-order valence-electron chi connectivity index (χ0n) is 26.2. The smallest absolute Gasteiger partial charge is 0.358 e. The van der Waals surface area contributed by atoms with Gasteiger partial charge in [-0.15, -0.1) is 0 Å². The molecule has 44 heavy (non-hydrogen) atoms. The molecule has 3 aromatic rings. The minimum atomic E-state index is -0.328. The molecule has 7 rings (SSSR count). The number of benzene rings is 3. The average molecular weight is 931 g/mol. The first-order chi connectivity index (χ1) is 20.9. The van der Waals surface area contributed by atoms with E-state index in [1.807, 2.05) is 0 Å². The number of esters is 1. The van der Waals surface area contributed by atoms with Crippen LogP contribution in [0.1, 0.15) is 76.5 Å². The van der Waals surface area contributed by atoms with Gasteiger partial charge in [-0.1, -0.05) is 32.9 Å². The van der Waals surface area contributed by atoms with Crippen molar-refractivity contribution in [1.29, 1.82) is 0 Å². The Labute approximate surface area is 300 Å². The van der Waals surface area contributed by atoms with Gasteiger partial charge in [-0.2, -0.15) is 0 Å². The third-order valence-electron chi connectivity index (χ3n) is 9.94. The van der Waals surface area contributed by atoms with Gasteiger partial charge in [0, 0.05) is 5.56 Å². The second-order valence-corrected chi connectivity index (χ2v) is 19.5. The molecule has 4 nitrogen and oxygen atoms in total. The summed E-state index contributed by atoms with van der Waals surface area (Å²) < 4.78 is 23.3. The lowest BCUT2D eigenvalue weighted by Crippen LogP contribution is -3.61. The predicted molar refractivity (Wildman–Crippen MR) is 187 cm³/mol. The molecule has 0 spiro atoms. The molecule has 0 atom stereocenters. The molecule has 4 aliphatic rings. The molecular formula is C37H42I3O4+. The van der Waals surface area contributed by atoms with E-state index in [0.29, 0.717) is 18.4 Å². The zero-order valence-corrected chi connectivity index (χ0v) is 32.7. The first kappa shape index (κ1) is 32.8. The summed E-state index contributed by atoms with van der Waals surface area (Å²) in [5.74, 6) is 4.08. The average Bonchev–Trinajstić information content (AvgIpc) is 2.95. The zero-order chi connectivity index (χ0) is 31.2. The molecule has 0 unspecified atom stereocenters. The summed E-state index contributed by atoms with van der Waals surface area (Å²) in [5, 5.41) is 0. The fourth-order valence-corrected chi connectivity index (χ4v) is 12.2. The molecule has 0 aromatic heterocycles. The van der Waals surface area contributed by atoms with Crippen LogP contribution in [0.4, 0.5) is 0 Å². The maximum Gasteiger partial charge on any atom is 0.358 e. The molecule has 0 aliphatic heterocycles. The van der Waals surface area contributed by atoms with Crippen molar-refractivity contribution in [3.63, 3.8) is 0 Å². The number of halogens is 3. The van der Waals surface area contributed by atoms with Crippen molar-refractivity contribution in [2.24, 2.45) is 23.7 Å². The van der Waals surface area contributed by atoms with Gasteiger partial charge in [-0.25, -0.2) is 4.79 Å². The Kier molecular flexibility index (Phi) is 9.85. The number of hydrogen-bond donors (Lipinski definition) is 0. The highest BCUT2D eigenvalue weighted by Gasteiger charge is 2.57. The van der Waals surface area contributed by atoms with Crippen LogP contribution in [0.25, 0.3) is 0 Å². The number of aryl methyl sites for hydroxylation is 1. The maximum atomic E-state index is 13.0. The van der Waals surface area contributed by atoms with Crippen molar-refractivity contribution in [2.45, 2.75) is 84.3 Å². The van der Waals surface area contributed by atoms with Crippen LogP contribution in [-0.2, 0) is 21.6 Å². The van der Waals surface area contributed by atoms with Gasteiger partial charge in [-0.05, 0) is 174 Å². The van der Waals surface area contributed by atoms with Crippen LogP contribution < -0.4 is 30.7 Å². The summed E-state index contributed by atoms with van der Waals surface area (Å²) in [7, 11) is 0. The Morgan fingerprint density at radius 1 is 0.886 bits per heavy atom. The van der Waals surface area contributed by atoms with Crippen LogP contribution in [-0.4, -0.2) is 18.2 Å². The molecule has 0 N–H and O–H groups in total. The number of rotatable bonds is 9. The summed E-state index contributed by atoms with van der Waals surface area (Å²) in [6, 6.07) is 19.8. The number of carbonyl (C=O) groups excluding carboxylic acids is 1. The van der Waals surface area contributed by atoms with Crippen molar-refractivity contribution >= 4 is 51.2 Å². The first-order valence-corrected chi connectivity index (χ1v) is 20.0. The van der Waals surface area contributed by atoms with Crippen LogP contribution in [0.3, 0.4) is 0 Å². The van der Waals surface area contributed by atoms with Crippen molar-refractivity contribution < 1.29 is 40.2 Å². The molecule has 0 amide bonds. The van der Waals surface area contributed by atoms with Crippen molar-refractivity contribution in [2.75, 3.05) is 6.61 Å². The molecule has 4 aliphatic carbocycles. The Bertz CT molecular complexity index is 1470. The molecule has 4 fully saturated rings. The molecule has 4 saturated carbocycles. The van der Waals surface area contributed by atoms with E-state index in [1.54, 1.807) is 0 Å². The standard InChI is InChI=1S/C37H42I3O4/c1-22-12-30(10-11-33(22)40-29-8-6-26(7-9-29)36(2,3)4)42-20-25-18-31(38)35(32(39)19-25)43-21-34(41)44-37(5)27-14-23-13-24(16-27)17-28(37)15-23/h6-12,18-19,23-24,27-28H,13-17,20-21H2,1-5H3/q+1. The van der Waals surface area contributed by atoms with E-state index in [2.05, 4.69) is 134 Å². The van der Waals surface area contributed by atoms with Gasteiger partial charge in [-0.3, -0.25) is 0 Å². The van der Waals surface area contributed by atoms with Gasteiger partial charge >= 0.3 is 27.2 Å². The molecule has 0 radical (unpaired) electrons. The minimum absolute atomic E-state index is 0.0568. The predicted octanol–water partition coefficient (Wildman–Crippen LogP) is 6.35. The minimum Gasteiger partial charge on any atom is -0.489 e. The fraction of sp³-hybridized carbons (Fsp3) is 0.486. The summed E-state index contributed by atoms with van der Waals surface area (Å²) in [6.45, 7) is 11.5. The molecule has 0 saturated heterocycles. The van der Waals surface area contributed by atoms with E-state index < -0.39 is 0 Å².